The molecule has 0 saturated carbocycles. The van der Waals surface area contributed by atoms with Crippen LogP contribution >= 0.6 is 0 Å². The molecule has 0 aliphatic heterocycles. The first-order chi connectivity index (χ1) is 9.28. The van der Waals surface area contributed by atoms with Crippen molar-refractivity contribution in [2.24, 2.45) is 0 Å². The summed E-state index contributed by atoms with van der Waals surface area (Å²) in [5, 5.41) is 9.78. The van der Waals surface area contributed by atoms with Gasteiger partial charge < -0.3 is 4.98 Å². The minimum atomic E-state index is -0.394. The average Bonchev–Trinajstić information content (AvgIpc) is 2.46. The molecule has 0 unspecified atom stereocenters. The Morgan fingerprint density at radius 3 is 2.68 bits per heavy atom. The Balaban J connectivity index is 2.17. The fourth-order valence-corrected chi connectivity index (χ4v) is 1.93. The fourth-order valence-electron chi connectivity index (χ4n) is 1.93. The summed E-state index contributed by atoms with van der Waals surface area (Å²) in [6.45, 7) is 0. The third-order valence-electron chi connectivity index (χ3n) is 2.90. The van der Waals surface area contributed by atoms with Crippen molar-refractivity contribution in [3.05, 3.63) is 64.4 Å². The molecule has 4 nitrogen and oxygen atoms in total. The summed E-state index contributed by atoms with van der Waals surface area (Å²) >= 11 is 0. The number of aromatic nitrogens is 2. The van der Waals surface area contributed by atoms with Crippen LogP contribution in [0.25, 0.3) is 22.3 Å². The van der Waals surface area contributed by atoms with Crippen LogP contribution in [0.3, 0.4) is 0 Å². The van der Waals surface area contributed by atoms with Crippen molar-refractivity contribution in [1.29, 1.82) is 5.26 Å². The van der Waals surface area contributed by atoms with E-state index in [1.165, 1.54) is 6.07 Å². The zero-order valence-corrected chi connectivity index (χ0v) is 9.92. The van der Waals surface area contributed by atoms with Crippen LogP contribution in [0.5, 0.6) is 0 Å². The first kappa shape index (κ1) is 11.2. The molecular weight excluding hydrogens is 238 g/mol. The van der Waals surface area contributed by atoms with E-state index in [2.05, 4.69) is 9.97 Å². The SMILES string of the molecule is N#Cc1ccc(-c2ccc3ccccc3n2)[nH]c1=O. The zero-order valence-electron chi connectivity index (χ0n) is 9.92. The summed E-state index contributed by atoms with van der Waals surface area (Å²) in [6, 6.07) is 16.6. The predicted molar refractivity (Wildman–Crippen MR) is 72.5 cm³/mol. The van der Waals surface area contributed by atoms with Gasteiger partial charge in [-0.3, -0.25) is 4.79 Å². The minimum Gasteiger partial charge on any atom is -0.319 e. The van der Waals surface area contributed by atoms with Crippen molar-refractivity contribution < 1.29 is 0 Å². The van der Waals surface area contributed by atoms with Gasteiger partial charge in [-0.15, -0.1) is 0 Å². The maximum absolute atomic E-state index is 11.6. The van der Waals surface area contributed by atoms with Gasteiger partial charge in [0, 0.05) is 5.39 Å². The van der Waals surface area contributed by atoms with E-state index >= 15 is 0 Å². The number of pyridine rings is 2. The van der Waals surface area contributed by atoms with E-state index in [-0.39, 0.29) is 5.56 Å². The van der Waals surface area contributed by atoms with Crippen LogP contribution in [0, 0.1) is 11.3 Å². The summed E-state index contributed by atoms with van der Waals surface area (Å²) in [5.41, 5.74) is 1.86. The van der Waals surface area contributed by atoms with Crippen molar-refractivity contribution in [3.63, 3.8) is 0 Å². The summed E-state index contributed by atoms with van der Waals surface area (Å²) in [5.74, 6) is 0. The number of H-pyrrole nitrogens is 1. The van der Waals surface area contributed by atoms with Crippen molar-refractivity contribution in [3.8, 4) is 17.5 Å². The number of benzene rings is 1. The van der Waals surface area contributed by atoms with Crippen molar-refractivity contribution >= 4 is 10.9 Å². The van der Waals surface area contributed by atoms with Gasteiger partial charge in [0.2, 0.25) is 0 Å². The molecule has 1 aromatic carbocycles. The molecule has 3 rings (SSSR count). The number of para-hydroxylation sites is 1. The molecule has 0 aliphatic rings. The number of nitriles is 1. The van der Waals surface area contributed by atoms with Gasteiger partial charge in [0.25, 0.3) is 5.56 Å². The van der Waals surface area contributed by atoms with Gasteiger partial charge in [0.1, 0.15) is 11.6 Å². The Morgan fingerprint density at radius 1 is 1.05 bits per heavy atom. The smallest absolute Gasteiger partial charge is 0.266 e. The fraction of sp³-hybridized carbons (Fsp3) is 0. The Labute approximate surface area is 109 Å². The van der Waals surface area contributed by atoms with E-state index in [4.69, 9.17) is 5.26 Å². The molecule has 2 heterocycles. The molecule has 0 atom stereocenters. The van der Waals surface area contributed by atoms with Crippen LogP contribution in [0.1, 0.15) is 5.56 Å². The van der Waals surface area contributed by atoms with Crippen LogP contribution in [0.15, 0.2) is 53.3 Å². The average molecular weight is 247 g/mol. The predicted octanol–water partition coefficient (Wildman–Crippen LogP) is 2.46. The lowest BCUT2D eigenvalue weighted by Gasteiger charge is -2.03. The molecule has 1 N–H and O–H groups in total. The molecule has 0 bridgehead atoms. The van der Waals surface area contributed by atoms with E-state index in [0.29, 0.717) is 11.4 Å². The van der Waals surface area contributed by atoms with Crippen LogP contribution in [-0.4, -0.2) is 9.97 Å². The summed E-state index contributed by atoms with van der Waals surface area (Å²) < 4.78 is 0. The highest BCUT2D eigenvalue weighted by atomic mass is 16.1. The number of rotatable bonds is 1. The second-order valence-corrected chi connectivity index (χ2v) is 4.12. The van der Waals surface area contributed by atoms with Crippen molar-refractivity contribution in [2.45, 2.75) is 0 Å². The summed E-state index contributed by atoms with van der Waals surface area (Å²) in [7, 11) is 0. The minimum absolute atomic E-state index is 0.101. The number of aromatic amines is 1. The number of hydrogen-bond acceptors (Lipinski definition) is 3. The second-order valence-electron chi connectivity index (χ2n) is 4.12. The van der Waals surface area contributed by atoms with Crippen LogP contribution in [-0.2, 0) is 0 Å². The molecule has 0 amide bonds. The Bertz CT molecular complexity index is 859. The molecule has 4 heteroatoms. The molecule has 19 heavy (non-hydrogen) atoms. The lowest BCUT2D eigenvalue weighted by Crippen LogP contribution is -2.10. The van der Waals surface area contributed by atoms with Gasteiger partial charge in [-0.2, -0.15) is 5.26 Å². The number of nitrogens with one attached hydrogen (secondary N) is 1. The maximum Gasteiger partial charge on any atom is 0.266 e. The van der Waals surface area contributed by atoms with E-state index in [9.17, 15) is 4.79 Å². The Hall–Kier alpha value is -2.93. The Kier molecular flexibility index (Phi) is 2.58. The molecule has 2 aromatic heterocycles. The third-order valence-corrected chi connectivity index (χ3v) is 2.90. The second kappa shape index (κ2) is 4.39. The van der Waals surface area contributed by atoms with E-state index in [1.807, 2.05) is 42.5 Å². The number of nitrogens with zero attached hydrogens (tertiary/aromatic N) is 2. The standard InChI is InChI=1S/C15H9N3O/c16-9-11-6-8-14(18-15(11)19)13-7-5-10-3-1-2-4-12(10)17-13/h1-8H,(H,18,19). The highest BCUT2D eigenvalue weighted by molar-refractivity contribution is 5.80. The quantitative estimate of drug-likeness (QED) is 0.718. The van der Waals surface area contributed by atoms with Gasteiger partial charge in [-0.05, 0) is 24.3 Å². The molecule has 90 valence electrons. The van der Waals surface area contributed by atoms with Crippen LogP contribution < -0.4 is 5.56 Å². The van der Waals surface area contributed by atoms with Gasteiger partial charge in [-0.25, -0.2) is 4.98 Å². The van der Waals surface area contributed by atoms with Crippen LogP contribution in [0.4, 0.5) is 0 Å². The first-order valence-corrected chi connectivity index (χ1v) is 5.77. The highest BCUT2D eigenvalue weighted by Gasteiger charge is 2.04. The molecule has 0 saturated heterocycles. The molecule has 0 spiro atoms. The molecule has 0 aliphatic carbocycles. The van der Waals surface area contributed by atoms with Gasteiger partial charge in [0.05, 0.1) is 16.9 Å². The first-order valence-electron chi connectivity index (χ1n) is 5.77. The molecule has 0 radical (unpaired) electrons. The monoisotopic (exact) mass is 247 g/mol. The third kappa shape index (κ3) is 1.98. The largest absolute Gasteiger partial charge is 0.319 e. The topological polar surface area (TPSA) is 69.5 Å². The number of fused-ring (bicyclic) bond motifs is 1. The van der Waals surface area contributed by atoms with E-state index in [0.717, 1.165) is 10.9 Å². The van der Waals surface area contributed by atoms with E-state index in [1.54, 1.807) is 6.07 Å². The van der Waals surface area contributed by atoms with Crippen LogP contribution in [0.2, 0.25) is 0 Å². The lowest BCUT2D eigenvalue weighted by atomic mass is 10.1. The lowest BCUT2D eigenvalue weighted by molar-refractivity contribution is 1.20. The highest BCUT2D eigenvalue weighted by Crippen LogP contribution is 2.18. The zero-order chi connectivity index (χ0) is 13.2. The van der Waals surface area contributed by atoms with Gasteiger partial charge in [0.15, 0.2) is 0 Å². The van der Waals surface area contributed by atoms with Gasteiger partial charge >= 0.3 is 0 Å². The maximum atomic E-state index is 11.6. The molecule has 3 aromatic rings. The molecular formula is C15H9N3O. The summed E-state index contributed by atoms with van der Waals surface area (Å²) in [4.78, 5) is 18.8. The molecule has 0 fully saturated rings. The normalized spacial score (nSPS) is 10.3. The van der Waals surface area contributed by atoms with Crippen molar-refractivity contribution in [2.75, 3.05) is 0 Å². The van der Waals surface area contributed by atoms with E-state index < -0.39 is 5.56 Å². The van der Waals surface area contributed by atoms with Gasteiger partial charge in [-0.1, -0.05) is 24.3 Å². The number of hydrogen-bond donors (Lipinski definition) is 1. The Morgan fingerprint density at radius 2 is 1.89 bits per heavy atom. The summed E-state index contributed by atoms with van der Waals surface area (Å²) in [6.07, 6.45) is 0. The van der Waals surface area contributed by atoms with Crippen molar-refractivity contribution in [1.82, 2.24) is 9.97 Å².